The number of aliphatic hydroxyl groups is 1. The van der Waals surface area contributed by atoms with Gasteiger partial charge in [0.25, 0.3) is 0 Å². The quantitative estimate of drug-likeness (QED) is 0.508. The van der Waals surface area contributed by atoms with Crippen molar-refractivity contribution in [2.75, 3.05) is 0 Å². The summed E-state index contributed by atoms with van der Waals surface area (Å²) in [6.07, 6.45) is 4.47. The zero-order valence-corrected chi connectivity index (χ0v) is 17.3. The van der Waals surface area contributed by atoms with Gasteiger partial charge in [-0.25, -0.2) is 0 Å². The fourth-order valence-corrected chi connectivity index (χ4v) is 12.6. The van der Waals surface area contributed by atoms with E-state index in [-0.39, 0.29) is 6.10 Å². The topological polar surface area (TPSA) is 20.2 Å². The third-order valence-corrected chi connectivity index (χ3v) is 12.2. The molecule has 1 fully saturated rings. The van der Waals surface area contributed by atoms with Crippen molar-refractivity contribution in [1.82, 2.24) is 0 Å². The number of hydrogen-bond acceptors (Lipinski definition) is 1. The van der Waals surface area contributed by atoms with Crippen molar-refractivity contribution >= 4 is 59.8 Å². The van der Waals surface area contributed by atoms with Gasteiger partial charge in [0.15, 0.2) is 0 Å². The van der Waals surface area contributed by atoms with E-state index in [2.05, 4.69) is 0 Å². The van der Waals surface area contributed by atoms with Gasteiger partial charge in [-0.3, -0.25) is 0 Å². The zero-order chi connectivity index (χ0) is 12.2. The summed E-state index contributed by atoms with van der Waals surface area (Å²) in [5, 5.41) is 21.0. The standard InChI is InChI=1S/C12H24OSe4/c13-12-10-16-8-2-6-14-4-1-5-15-7-3-9-17-11-12/h12-13H,1-11H2. The normalized spacial score (nSPS) is 24.5. The van der Waals surface area contributed by atoms with E-state index in [1.54, 1.807) is 0 Å². The molecule has 1 heterocycles. The van der Waals surface area contributed by atoms with Gasteiger partial charge in [-0.15, -0.1) is 0 Å². The average Bonchev–Trinajstić information content (AvgIpc) is 2.32. The molecule has 102 valence electrons. The summed E-state index contributed by atoms with van der Waals surface area (Å²) < 4.78 is 0. The third-order valence-electron chi connectivity index (χ3n) is 2.35. The van der Waals surface area contributed by atoms with Crippen molar-refractivity contribution in [3.05, 3.63) is 0 Å². The van der Waals surface area contributed by atoms with Crippen LogP contribution in [0.3, 0.4) is 0 Å². The van der Waals surface area contributed by atoms with E-state index in [0.717, 1.165) is 70.5 Å². The van der Waals surface area contributed by atoms with E-state index in [1.165, 1.54) is 51.2 Å². The Hall–Kier alpha value is 2.04. The van der Waals surface area contributed by atoms with Gasteiger partial charge in [-0.1, -0.05) is 0 Å². The molecular weight excluding hydrogens is 476 g/mol. The SMILES string of the molecule is OC1C[Se]CCC[Se]CCC[Se]CCC[Se]C1. The summed E-state index contributed by atoms with van der Waals surface area (Å²) >= 11 is 3.33. The molecular formula is C12H24OSe4. The molecule has 1 nitrogen and oxygen atoms in total. The molecule has 17 heavy (non-hydrogen) atoms. The van der Waals surface area contributed by atoms with Crippen LogP contribution in [0.2, 0.25) is 42.6 Å². The summed E-state index contributed by atoms with van der Waals surface area (Å²) in [6.45, 7) is 0. The van der Waals surface area contributed by atoms with Crippen molar-refractivity contribution in [3.8, 4) is 0 Å². The zero-order valence-electron chi connectivity index (χ0n) is 10.4. The van der Waals surface area contributed by atoms with Crippen molar-refractivity contribution in [3.63, 3.8) is 0 Å². The Kier molecular flexibility index (Phi) is 13.1. The van der Waals surface area contributed by atoms with E-state index in [4.69, 9.17) is 0 Å². The Morgan fingerprint density at radius 1 is 0.588 bits per heavy atom. The second kappa shape index (κ2) is 13.0. The fourth-order valence-electron chi connectivity index (χ4n) is 1.48. The minimum absolute atomic E-state index is 0.0546. The number of aliphatic hydroxyl groups excluding tert-OH is 1. The van der Waals surface area contributed by atoms with Crippen molar-refractivity contribution in [2.24, 2.45) is 0 Å². The van der Waals surface area contributed by atoms with Crippen LogP contribution in [0.15, 0.2) is 0 Å². The summed E-state index contributed by atoms with van der Waals surface area (Å²) in [6, 6.07) is 0. The predicted octanol–water partition coefficient (Wildman–Crippen LogP) is 2.69. The molecule has 0 aliphatic carbocycles. The minimum atomic E-state index is 0.0546. The number of rotatable bonds is 0. The molecule has 0 atom stereocenters. The molecule has 0 aromatic carbocycles. The van der Waals surface area contributed by atoms with Gasteiger partial charge < -0.3 is 0 Å². The predicted molar refractivity (Wildman–Crippen MR) is 81.3 cm³/mol. The first-order valence-electron chi connectivity index (χ1n) is 6.38. The Morgan fingerprint density at radius 3 is 1.35 bits per heavy atom. The maximum absolute atomic E-state index is 9.86. The molecule has 0 bridgehead atoms. The van der Waals surface area contributed by atoms with Gasteiger partial charge >= 0.3 is 133 Å². The van der Waals surface area contributed by atoms with Crippen LogP contribution < -0.4 is 0 Å². The molecule has 0 radical (unpaired) electrons. The molecule has 0 unspecified atom stereocenters. The van der Waals surface area contributed by atoms with Crippen LogP contribution in [-0.2, 0) is 0 Å². The average molecular weight is 500 g/mol. The summed E-state index contributed by atoms with van der Waals surface area (Å²) in [5.41, 5.74) is 0. The summed E-state index contributed by atoms with van der Waals surface area (Å²) in [7, 11) is 0. The van der Waals surface area contributed by atoms with E-state index in [1.807, 2.05) is 0 Å². The molecule has 0 aromatic heterocycles. The summed E-state index contributed by atoms with van der Waals surface area (Å²) in [4.78, 5) is 0. The van der Waals surface area contributed by atoms with Crippen LogP contribution in [-0.4, -0.2) is 71.0 Å². The Bertz CT molecular complexity index is 153. The van der Waals surface area contributed by atoms with Gasteiger partial charge in [0.05, 0.1) is 0 Å². The van der Waals surface area contributed by atoms with Gasteiger partial charge in [0, 0.05) is 0 Å². The molecule has 0 amide bonds. The molecule has 1 saturated heterocycles. The van der Waals surface area contributed by atoms with E-state index in [0.29, 0.717) is 0 Å². The molecule has 0 spiro atoms. The van der Waals surface area contributed by atoms with E-state index in [9.17, 15) is 5.11 Å². The Labute approximate surface area is 132 Å². The van der Waals surface area contributed by atoms with Gasteiger partial charge in [-0.05, 0) is 0 Å². The molecule has 5 heteroatoms. The first-order chi connectivity index (χ1) is 8.39. The van der Waals surface area contributed by atoms with Crippen LogP contribution in [0.25, 0.3) is 0 Å². The molecule has 1 rings (SSSR count). The Morgan fingerprint density at radius 2 is 0.941 bits per heavy atom. The van der Waals surface area contributed by atoms with E-state index >= 15 is 0 Å². The molecule has 1 N–H and O–H groups in total. The van der Waals surface area contributed by atoms with Crippen molar-refractivity contribution in [1.29, 1.82) is 0 Å². The van der Waals surface area contributed by atoms with Crippen LogP contribution in [0.1, 0.15) is 19.3 Å². The van der Waals surface area contributed by atoms with Crippen LogP contribution in [0.4, 0.5) is 0 Å². The van der Waals surface area contributed by atoms with Crippen LogP contribution in [0.5, 0.6) is 0 Å². The van der Waals surface area contributed by atoms with Gasteiger partial charge in [0.2, 0.25) is 0 Å². The Balaban J connectivity index is 2.09. The fraction of sp³-hybridized carbons (Fsp3) is 1.00. The summed E-state index contributed by atoms with van der Waals surface area (Å²) in [5.74, 6) is 0. The maximum atomic E-state index is 9.86. The molecule has 1 aliphatic heterocycles. The molecule has 1 aliphatic rings. The second-order valence-corrected chi connectivity index (χ2v) is 14.1. The second-order valence-electron chi connectivity index (χ2n) is 4.09. The van der Waals surface area contributed by atoms with E-state index < -0.39 is 0 Å². The van der Waals surface area contributed by atoms with Crippen LogP contribution in [0, 0.1) is 0 Å². The van der Waals surface area contributed by atoms with Crippen molar-refractivity contribution < 1.29 is 5.11 Å². The number of hydrogen-bond donors (Lipinski definition) is 1. The first-order valence-corrected chi connectivity index (χ1v) is 16.1. The van der Waals surface area contributed by atoms with Crippen LogP contribution >= 0.6 is 0 Å². The van der Waals surface area contributed by atoms with Gasteiger partial charge in [0.1, 0.15) is 0 Å². The third kappa shape index (κ3) is 11.6. The van der Waals surface area contributed by atoms with Gasteiger partial charge in [-0.2, -0.15) is 0 Å². The van der Waals surface area contributed by atoms with Crippen molar-refractivity contribution in [2.45, 2.75) is 67.9 Å². The molecule has 0 saturated carbocycles. The monoisotopic (exact) mass is 504 g/mol. The molecule has 0 aromatic rings. The first kappa shape index (κ1) is 17.1.